The maximum Gasteiger partial charge on any atom is 0.0704 e. The Kier molecular flexibility index (Phi) is 3.62. The molecule has 0 fully saturated rings. The maximum atomic E-state index is 4.63. The summed E-state index contributed by atoms with van der Waals surface area (Å²) in [4.78, 5) is 5.81. The van der Waals surface area contributed by atoms with Gasteiger partial charge in [0.15, 0.2) is 0 Å². The van der Waals surface area contributed by atoms with Crippen molar-refractivity contribution in [2.24, 2.45) is 0 Å². The third kappa shape index (κ3) is 3.05. The van der Waals surface area contributed by atoms with Gasteiger partial charge >= 0.3 is 0 Å². The van der Waals surface area contributed by atoms with Gasteiger partial charge in [-0.2, -0.15) is 0 Å². The number of thiophene rings is 1. The Labute approximate surface area is 78.0 Å². The second-order valence-corrected chi connectivity index (χ2v) is 4.29. The highest BCUT2D eigenvalue weighted by Gasteiger charge is 1.90. The standard InChI is InChI=1S/C7H8BrNOS/c1-10-9-5-4-6-2-3-7(8)11-6/h2-5,9H,1H3. The van der Waals surface area contributed by atoms with Crippen molar-refractivity contribution in [3.8, 4) is 0 Å². The van der Waals surface area contributed by atoms with E-state index in [0.29, 0.717) is 0 Å². The van der Waals surface area contributed by atoms with Gasteiger partial charge < -0.3 is 0 Å². The molecule has 4 heteroatoms. The summed E-state index contributed by atoms with van der Waals surface area (Å²) in [7, 11) is 1.58. The van der Waals surface area contributed by atoms with Crippen LogP contribution in [0.25, 0.3) is 6.08 Å². The van der Waals surface area contributed by atoms with Crippen molar-refractivity contribution in [3.05, 3.63) is 27.0 Å². The van der Waals surface area contributed by atoms with Crippen molar-refractivity contribution >= 4 is 33.3 Å². The van der Waals surface area contributed by atoms with Gasteiger partial charge in [0, 0.05) is 11.1 Å². The predicted molar refractivity (Wildman–Crippen MR) is 51.2 cm³/mol. The van der Waals surface area contributed by atoms with Crippen molar-refractivity contribution in [3.63, 3.8) is 0 Å². The van der Waals surface area contributed by atoms with E-state index in [1.165, 1.54) is 4.88 Å². The minimum Gasteiger partial charge on any atom is -0.280 e. The molecule has 0 aliphatic rings. The fourth-order valence-electron chi connectivity index (χ4n) is 0.602. The van der Waals surface area contributed by atoms with E-state index in [4.69, 9.17) is 0 Å². The van der Waals surface area contributed by atoms with Crippen LogP contribution in [0.4, 0.5) is 0 Å². The van der Waals surface area contributed by atoms with Crippen LogP contribution in [-0.4, -0.2) is 7.11 Å². The first-order valence-electron chi connectivity index (χ1n) is 3.03. The normalized spacial score (nSPS) is 10.7. The summed E-state index contributed by atoms with van der Waals surface area (Å²) < 4.78 is 1.13. The van der Waals surface area contributed by atoms with Gasteiger partial charge in [0.25, 0.3) is 0 Å². The molecular formula is C7H8BrNOS. The summed E-state index contributed by atoms with van der Waals surface area (Å²) in [6.07, 6.45) is 3.69. The Morgan fingerprint density at radius 3 is 3.00 bits per heavy atom. The molecule has 2 nitrogen and oxygen atoms in total. The van der Waals surface area contributed by atoms with Crippen molar-refractivity contribution in [1.29, 1.82) is 0 Å². The third-order valence-corrected chi connectivity index (χ3v) is 2.62. The van der Waals surface area contributed by atoms with E-state index in [0.717, 1.165) is 3.79 Å². The van der Waals surface area contributed by atoms with E-state index in [1.807, 2.05) is 18.2 Å². The molecule has 1 aromatic heterocycles. The van der Waals surface area contributed by atoms with Crippen LogP contribution in [0, 0.1) is 0 Å². The molecule has 1 N–H and O–H groups in total. The van der Waals surface area contributed by atoms with Crippen LogP contribution in [0.2, 0.25) is 0 Å². The molecular weight excluding hydrogens is 226 g/mol. The van der Waals surface area contributed by atoms with Crippen molar-refractivity contribution < 1.29 is 4.84 Å². The number of halogens is 1. The second-order valence-electron chi connectivity index (χ2n) is 1.80. The quantitative estimate of drug-likeness (QED) is 0.811. The number of nitrogens with one attached hydrogen (secondary N) is 1. The fraction of sp³-hybridized carbons (Fsp3) is 0.143. The Balaban J connectivity index is 2.50. The number of hydrogen-bond acceptors (Lipinski definition) is 3. The van der Waals surface area contributed by atoms with Crippen molar-refractivity contribution in [2.45, 2.75) is 0 Å². The first-order chi connectivity index (χ1) is 5.33. The summed E-state index contributed by atoms with van der Waals surface area (Å²) in [5, 5.41) is 0. The molecule has 11 heavy (non-hydrogen) atoms. The SMILES string of the molecule is CONC=Cc1ccc(Br)s1. The smallest absolute Gasteiger partial charge is 0.0704 e. The Hall–Kier alpha value is -0.320. The van der Waals surface area contributed by atoms with Crippen LogP contribution in [-0.2, 0) is 4.84 Å². The monoisotopic (exact) mass is 233 g/mol. The molecule has 0 aliphatic heterocycles. The van der Waals surface area contributed by atoms with Crippen molar-refractivity contribution in [1.82, 2.24) is 5.48 Å². The zero-order valence-electron chi connectivity index (χ0n) is 6.00. The Morgan fingerprint density at radius 1 is 1.64 bits per heavy atom. The largest absolute Gasteiger partial charge is 0.280 e. The third-order valence-electron chi connectivity index (χ3n) is 1.03. The molecule has 1 rings (SSSR count). The fourth-order valence-corrected chi connectivity index (χ4v) is 1.93. The number of hydroxylamine groups is 1. The van der Waals surface area contributed by atoms with Gasteiger partial charge in [0.2, 0.25) is 0 Å². The zero-order chi connectivity index (χ0) is 8.10. The van der Waals surface area contributed by atoms with E-state index in [2.05, 4.69) is 26.2 Å². The molecule has 0 spiro atoms. The summed E-state index contributed by atoms with van der Waals surface area (Å²) in [5.74, 6) is 0. The van der Waals surface area contributed by atoms with E-state index < -0.39 is 0 Å². The lowest BCUT2D eigenvalue weighted by Gasteiger charge is -1.90. The van der Waals surface area contributed by atoms with E-state index in [-0.39, 0.29) is 0 Å². The van der Waals surface area contributed by atoms with Gasteiger partial charge in [-0.15, -0.1) is 11.3 Å². The maximum absolute atomic E-state index is 4.63. The zero-order valence-corrected chi connectivity index (χ0v) is 8.41. The van der Waals surface area contributed by atoms with Gasteiger partial charge in [-0.25, -0.2) is 0 Å². The van der Waals surface area contributed by atoms with Gasteiger partial charge in [-0.3, -0.25) is 10.3 Å². The molecule has 0 radical (unpaired) electrons. The van der Waals surface area contributed by atoms with Gasteiger partial charge in [-0.1, -0.05) is 0 Å². The molecule has 0 aliphatic carbocycles. The van der Waals surface area contributed by atoms with Crippen LogP contribution in [0.1, 0.15) is 4.88 Å². The minimum atomic E-state index is 1.13. The Bertz CT molecular complexity index is 246. The van der Waals surface area contributed by atoms with Crippen LogP contribution >= 0.6 is 27.3 Å². The molecule has 0 bridgehead atoms. The lowest BCUT2D eigenvalue weighted by atomic mass is 10.5. The highest BCUT2D eigenvalue weighted by molar-refractivity contribution is 9.11. The molecule has 1 aromatic rings. The summed E-state index contributed by atoms with van der Waals surface area (Å²) in [5.41, 5.74) is 2.62. The van der Waals surface area contributed by atoms with Crippen LogP contribution in [0.3, 0.4) is 0 Å². The van der Waals surface area contributed by atoms with Gasteiger partial charge in [0.1, 0.15) is 0 Å². The predicted octanol–water partition coefficient (Wildman–Crippen LogP) is 2.63. The topological polar surface area (TPSA) is 21.3 Å². The summed E-state index contributed by atoms with van der Waals surface area (Å²) >= 11 is 5.05. The number of hydrogen-bond donors (Lipinski definition) is 1. The van der Waals surface area contributed by atoms with E-state index >= 15 is 0 Å². The molecule has 0 saturated carbocycles. The lowest BCUT2D eigenvalue weighted by molar-refractivity contribution is 0.129. The highest BCUT2D eigenvalue weighted by Crippen LogP contribution is 2.22. The number of rotatable bonds is 3. The Morgan fingerprint density at radius 2 is 2.45 bits per heavy atom. The first-order valence-corrected chi connectivity index (χ1v) is 4.64. The van der Waals surface area contributed by atoms with Gasteiger partial charge in [-0.05, 0) is 34.1 Å². The highest BCUT2D eigenvalue weighted by atomic mass is 79.9. The lowest BCUT2D eigenvalue weighted by Crippen LogP contribution is -1.99. The minimum absolute atomic E-state index is 1.13. The van der Waals surface area contributed by atoms with E-state index in [1.54, 1.807) is 24.6 Å². The van der Waals surface area contributed by atoms with E-state index in [9.17, 15) is 0 Å². The van der Waals surface area contributed by atoms with Crippen LogP contribution in [0.5, 0.6) is 0 Å². The first kappa shape index (κ1) is 8.77. The molecule has 0 unspecified atom stereocenters. The average Bonchev–Trinajstić information content (AvgIpc) is 2.37. The summed E-state index contributed by atoms with van der Waals surface area (Å²) in [6.45, 7) is 0. The molecule has 0 amide bonds. The second kappa shape index (κ2) is 4.54. The molecule has 0 atom stereocenters. The molecule has 1 heterocycles. The molecule has 0 saturated heterocycles. The van der Waals surface area contributed by atoms with Gasteiger partial charge in [0.05, 0.1) is 10.9 Å². The van der Waals surface area contributed by atoms with Crippen LogP contribution in [0.15, 0.2) is 22.1 Å². The summed E-state index contributed by atoms with van der Waals surface area (Å²) in [6, 6.07) is 4.04. The molecule has 60 valence electrons. The van der Waals surface area contributed by atoms with Crippen molar-refractivity contribution in [2.75, 3.05) is 7.11 Å². The molecule has 0 aromatic carbocycles. The van der Waals surface area contributed by atoms with Crippen LogP contribution < -0.4 is 5.48 Å². The average molecular weight is 234 g/mol.